The third-order valence-electron chi connectivity index (χ3n) is 6.32. The predicted octanol–water partition coefficient (Wildman–Crippen LogP) is 2.79. The molecule has 2 aliphatic rings. The number of hydrogen-bond donors (Lipinski definition) is 1. The first-order chi connectivity index (χ1) is 15.2. The summed E-state index contributed by atoms with van der Waals surface area (Å²) < 4.78 is 5.05. The number of carbonyl (C=O) groups is 3. The zero-order valence-corrected chi connectivity index (χ0v) is 17.7. The Labute approximate surface area is 187 Å². The number of nitro groups is 1. The summed E-state index contributed by atoms with van der Waals surface area (Å²) >= 11 is 6.42. The van der Waals surface area contributed by atoms with E-state index in [2.05, 4.69) is 0 Å². The Morgan fingerprint density at radius 1 is 1.25 bits per heavy atom. The molecule has 0 aromatic heterocycles. The number of para-hydroxylation sites is 1. The first-order valence-electron chi connectivity index (χ1n) is 9.84. The van der Waals surface area contributed by atoms with Crippen LogP contribution in [0.5, 0.6) is 0 Å². The molecular formula is C22H19ClN2O7. The van der Waals surface area contributed by atoms with Gasteiger partial charge in [0, 0.05) is 27.7 Å². The van der Waals surface area contributed by atoms with Crippen molar-refractivity contribution in [2.24, 2.45) is 5.92 Å². The van der Waals surface area contributed by atoms with Crippen molar-refractivity contribution in [3.05, 3.63) is 74.8 Å². The van der Waals surface area contributed by atoms with Gasteiger partial charge in [-0.25, -0.2) is 4.79 Å². The first-order valence-corrected chi connectivity index (χ1v) is 10.2. The van der Waals surface area contributed by atoms with Crippen LogP contribution in [0.3, 0.4) is 0 Å². The number of ketones is 1. The number of anilines is 1. The van der Waals surface area contributed by atoms with Gasteiger partial charge < -0.3 is 14.7 Å². The largest absolute Gasteiger partial charge is 0.481 e. The fourth-order valence-corrected chi connectivity index (χ4v) is 5.41. The fourth-order valence-electron chi connectivity index (χ4n) is 5.16. The molecule has 166 valence electrons. The minimum Gasteiger partial charge on any atom is -0.481 e. The van der Waals surface area contributed by atoms with Gasteiger partial charge in [0.25, 0.3) is 0 Å². The number of benzene rings is 2. The molecule has 4 atom stereocenters. The molecule has 2 aromatic rings. The highest BCUT2D eigenvalue weighted by Gasteiger charge is 2.71. The number of methoxy groups -OCH3 is 1. The number of Topliss-reactive ketones (excluding diaryl/α,β-unsaturated/α-hetero) is 1. The van der Waals surface area contributed by atoms with Crippen molar-refractivity contribution in [3.63, 3.8) is 0 Å². The summed E-state index contributed by atoms with van der Waals surface area (Å²) in [5.74, 6) is -5.18. The topological polar surface area (TPSA) is 127 Å². The number of carboxylic acid groups (broad SMARTS) is 1. The molecule has 2 aromatic carbocycles. The number of carboxylic acids is 1. The van der Waals surface area contributed by atoms with E-state index in [-0.39, 0.29) is 22.7 Å². The first kappa shape index (κ1) is 21.8. The van der Waals surface area contributed by atoms with Crippen LogP contribution >= 0.6 is 11.6 Å². The maximum Gasteiger partial charge on any atom is 0.340 e. The number of nitrogens with zero attached hydrogens (tertiary/aromatic N) is 2. The van der Waals surface area contributed by atoms with Gasteiger partial charge in [0.2, 0.25) is 17.4 Å². The molecule has 0 spiro atoms. The molecule has 0 amide bonds. The number of esters is 1. The molecule has 0 saturated carbocycles. The van der Waals surface area contributed by atoms with Crippen molar-refractivity contribution in [2.75, 3.05) is 18.6 Å². The number of rotatable bonds is 5. The summed E-state index contributed by atoms with van der Waals surface area (Å²) in [6.07, 6.45) is -0.517. The number of carbonyl (C=O) groups excluding carboxylic acids is 2. The quantitative estimate of drug-likeness (QED) is 0.313. The van der Waals surface area contributed by atoms with Crippen molar-refractivity contribution in [1.29, 1.82) is 0 Å². The monoisotopic (exact) mass is 458 g/mol. The van der Waals surface area contributed by atoms with Gasteiger partial charge in [-0.05, 0) is 23.8 Å². The molecule has 1 saturated heterocycles. The average molecular weight is 459 g/mol. The molecule has 32 heavy (non-hydrogen) atoms. The van der Waals surface area contributed by atoms with E-state index in [0.29, 0.717) is 5.69 Å². The van der Waals surface area contributed by atoms with Crippen LogP contribution in [-0.4, -0.2) is 53.0 Å². The highest BCUT2D eigenvalue weighted by molar-refractivity contribution is 6.32. The highest BCUT2D eigenvalue weighted by Crippen LogP contribution is 2.54. The minimum absolute atomic E-state index is 0.132. The van der Waals surface area contributed by atoms with E-state index in [0.717, 1.165) is 7.11 Å². The summed E-state index contributed by atoms with van der Waals surface area (Å²) in [5.41, 5.74) is -1.26. The Balaban J connectivity index is 2.07. The molecule has 4 rings (SSSR count). The lowest BCUT2D eigenvalue weighted by molar-refractivity contribution is -0.539. The van der Waals surface area contributed by atoms with Crippen LogP contribution in [0.4, 0.5) is 5.69 Å². The van der Waals surface area contributed by atoms with Crippen LogP contribution in [0, 0.1) is 16.0 Å². The van der Waals surface area contributed by atoms with Crippen LogP contribution in [0.2, 0.25) is 5.02 Å². The Morgan fingerprint density at radius 3 is 2.53 bits per heavy atom. The standard InChI is InChI=1S/C22H19ClN2O7/c1-32-21(29)22-18(13-6-2-4-8-15(13)23)19(25(30)31)12(10-17(26)27)11-24(22)16-9-5-3-7-14(16)20(22)28/h2-9,12,18-19H,10-11H2,1H3,(H,26,27)/t12-,18-,19+,22+/m1/s1. The van der Waals surface area contributed by atoms with Crippen molar-refractivity contribution in [3.8, 4) is 0 Å². The molecule has 0 unspecified atom stereocenters. The normalized spacial score (nSPS) is 26.2. The maximum absolute atomic E-state index is 13.8. The van der Waals surface area contributed by atoms with Gasteiger partial charge >= 0.3 is 11.9 Å². The number of piperidine rings is 1. The van der Waals surface area contributed by atoms with Gasteiger partial charge in [-0.15, -0.1) is 0 Å². The molecule has 1 fully saturated rings. The Bertz CT molecular complexity index is 1140. The third kappa shape index (κ3) is 2.96. The summed E-state index contributed by atoms with van der Waals surface area (Å²) in [7, 11) is 1.11. The highest BCUT2D eigenvalue weighted by atomic mass is 35.5. The van der Waals surface area contributed by atoms with E-state index in [9.17, 15) is 29.6 Å². The number of aliphatic carboxylic acids is 1. The number of ether oxygens (including phenoxy) is 1. The molecule has 1 N–H and O–H groups in total. The van der Waals surface area contributed by atoms with Gasteiger partial charge in [0.15, 0.2) is 0 Å². The Kier molecular flexibility index (Phi) is 5.37. The van der Waals surface area contributed by atoms with Gasteiger partial charge in [-0.3, -0.25) is 19.7 Å². The second kappa shape index (κ2) is 7.90. The van der Waals surface area contributed by atoms with Crippen LogP contribution in [-0.2, 0) is 14.3 Å². The van der Waals surface area contributed by atoms with Gasteiger partial charge in [0.05, 0.1) is 25.4 Å². The summed E-state index contributed by atoms with van der Waals surface area (Å²) in [6, 6.07) is 11.2. The second-order valence-corrected chi connectivity index (χ2v) is 8.26. The molecular weight excluding hydrogens is 440 g/mol. The van der Waals surface area contributed by atoms with E-state index in [1.807, 2.05) is 0 Å². The van der Waals surface area contributed by atoms with E-state index < -0.39 is 52.5 Å². The smallest absolute Gasteiger partial charge is 0.340 e. The van der Waals surface area contributed by atoms with E-state index in [1.165, 1.54) is 23.1 Å². The number of fused-ring (bicyclic) bond motifs is 3. The van der Waals surface area contributed by atoms with Crippen molar-refractivity contribution < 1.29 is 29.2 Å². The zero-order chi connectivity index (χ0) is 23.2. The summed E-state index contributed by atoms with van der Waals surface area (Å²) in [6.45, 7) is -0.184. The van der Waals surface area contributed by atoms with Gasteiger partial charge in [-0.2, -0.15) is 0 Å². The molecule has 9 nitrogen and oxygen atoms in total. The lowest BCUT2D eigenvalue weighted by Gasteiger charge is -2.49. The fraction of sp³-hybridized carbons (Fsp3) is 0.318. The van der Waals surface area contributed by atoms with Crippen molar-refractivity contribution >= 4 is 35.0 Å². The Hall–Kier alpha value is -3.46. The molecule has 0 radical (unpaired) electrons. The number of hydrogen-bond acceptors (Lipinski definition) is 7. The van der Waals surface area contributed by atoms with Crippen molar-refractivity contribution in [1.82, 2.24) is 0 Å². The van der Waals surface area contributed by atoms with Crippen LogP contribution in [0.25, 0.3) is 0 Å². The lowest BCUT2D eigenvalue weighted by atomic mass is 9.65. The average Bonchev–Trinajstić information content (AvgIpc) is 3.01. The molecule has 10 heteroatoms. The van der Waals surface area contributed by atoms with Crippen LogP contribution in [0.15, 0.2) is 48.5 Å². The molecule has 2 heterocycles. The zero-order valence-electron chi connectivity index (χ0n) is 16.9. The number of halogens is 1. The van der Waals surface area contributed by atoms with E-state index >= 15 is 0 Å². The molecule has 0 bridgehead atoms. The van der Waals surface area contributed by atoms with Crippen molar-refractivity contribution in [2.45, 2.75) is 23.9 Å². The van der Waals surface area contributed by atoms with Crippen LogP contribution in [0.1, 0.15) is 28.3 Å². The van der Waals surface area contributed by atoms with Gasteiger partial charge in [-0.1, -0.05) is 41.9 Å². The van der Waals surface area contributed by atoms with Gasteiger partial charge in [0.1, 0.15) is 0 Å². The Morgan fingerprint density at radius 2 is 1.91 bits per heavy atom. The van der Waals surface area contributed by atoms with Crippen LogP contribution < -0.4 is 4.90 Å². The van der Waals surface area contributed by atoms with E-state index in [1.54, 1.807) is 30.3 Å². The second-order valence-electron chi connectivity index (χ2n) is 7.85. The molecule has 2 aliphatic heterocycles. The lowest BCUT2D eigenvalue weighted by Crippen LogP contribution is -2.70. The molecule has 0 aliphatic carbocycles. The summed E-state index contributed by atoms with van der Waals surface area (Å²) in [4.78, 5) is 52.0. The maximum atomic E-state index is 13.8. The predicted molar refractivity (Wildman–Crippen MR) is 114 cm³/mol. The SMILES string of the molecule is COC(=O)[C@]12C(=O)c3ccccc3N1C[C@@H](CC(=O)O)[C@H]([N+](=O)[O-])[C@H]2c1ccccc1Cl. The minimum atomic E-state index is -2.09. The third-order valence-corrected chi connectivity index (χ3v) is 6.66. The van der Waals surface area contributed by atoms with E-state index in [4.69, 9.17) is 16.3 Å². The summed E-state index contributed by atoms with van der Waals surface area (Å²) in [5, 5.41) is 21.9.